The second-order valence-electron chi connectivity index (χ2n) is 7.69. The summed E-state index contributed by atoms with van der Waals surface area (Å²) in [5.41, 5.74) is 13.6. The van der Waals surface area contributed by atoms with Gasteiger partial charge in [0.05, 0.1) is 6.61 Å². The average Bonchev–Trinajstić information content (AvgIpc) is 2.54. The second-order valence-corrected chi connectivity index (χ2v) is 7.69. The van der Waals surface area contributed by atoms with E-state index in [2.05, 4.69) is 64.7 Å². The normalized spacial score (nSPS) is 12.1. The first-order chi connectivity index (χ1) is 11.1. The molecule has 136 valence electrons. The van der Waals surface area contributed by atoms with E-state index in [0.717, 1.165) is 25.0 Å². The molecule has 4 N–H and O–H groups in total. The van der Waals surface area contributed by atoms with Crippen molar-refractivity contribution in [2.24, 2.45) is 16.5 Å². The molecular weight excluding hydrogens is 298 g/mol. The van der Waals surface area contributed by atoms with E-state index in [1.165, 1.54) is 11.1 Å². The number of hydrogen-bond acceptors (Lipinski definition) is 2. The molecule has 0 aromatic heterocycles. The van der Waals surface area contributed by atoms with E-state index in [1.807, 2.05) is 0 Å². The Balaban J connectivity index is 3.00. The van der Waals surface area contributed by atoms with Gasteiger partial charge in [0.15, 0.2) is 5.96 Å². The highest BCUT2D eigenvalue weighted by Gasteiger charge is 2.26. The molecule has 24 heavy (non-hydrogen) atoms. The summed E-state index contributed by atoms with van der Waals surface area (Å²) in [4.78, 5) is 3.99. The molecule has 0 atom stereocenters. The molecule has 0 saturated heterocycles. The Bertz CT molecular complexity index is 558. The maximum absolute atomic E-state index is 6.06. The lowest BCUT2D eigenvalue weighted by Gasteiger charge is -2.30. The average molecular weight is 334 g/mol. The van der Waals surface area contributed by atoms with Crippen molar-refractivity contribution in [2.75, 3.05) is 13.2 Å². The lowest BCUT2D eigenvalue weighted by molar-refractivity contribution is 0.302. The third kappa shape index (κ3) is 5.43. The van der Waals surface area contributed by atoms with Gasteiger partial charge in [-0.25, -0.2) is 0 Å². The first-order valence-electron chi connectivity index (χ1n) is 8.97. The van der Waals surface area contributed by atoms with Crippen LogP contribution < -0.4 is 16.2 Å². The molecule has 0 aliphatic heterocycles. The van der Waals surface area contributed by atoms with E-state index in [1.54, 1.807) is 0 Å². The Hall–Kier alpha value is -1.71. The molecule has 0 aliphatic carbocycles. The number of nitrogens with two attached hydrogens (primary N) is 2. The fourth-order valence-corrected chi connectivity index (χ4v) is 2.46. The molecule has 0 amide bonds. The number of nitrogens with zero attached hydrogens (tertiary/aromatic N) is 1. The van der Waals surface area contributed by atoms with Crippen LogP contribution in [0.3, 0.4) is 0 Å². The van der Waals surface area contributed by atoms with Crippen LogP contribution in [0.5, 0.6) is 5.75 Å². The zero-order chi connectivity index (χ0) is 18.4. The van der Waals surface area contributed by atoms with Crippen molar-refractivity contribution in [3.8, 4) is 5.75 Å². The first-order valence-corrected chi connectivity index (χ1v) is 8.97. The molecule has 0 aliphatic rings. The monoisotopic (exact) mass is 333 g/mol. The van der Waals surface area contributed by atoms with Crippen molar-refractivity contribution in [1.29, 1.82) is 0 Å². The van der Waals surface area contributed by atoms with Gasteiger partial charge in [0.1, 0.15) is 5.75 Å². The number of hydrogen-bond donors (Lipinski definition) is 2. The highest BCUT2D eigenvalue weighted by Crippen LogP contribution is 2.38. The van der Waals surface area contributed by atoms with Crippen molar-refractivity contribution >= 4 is 5.96 Å². The molecule has 4 nitrogen and oxygen atoms in total. The highest BCUT2D eigenvalue weighted by atomic mass is 16.5. The van der Waals surface area contributed by atoms with Gasteiger partial charge in [0.2, 0.25) is 0 Å². The van der Waals surface area contributed by atoms with E-state index in [0.29, 0.717) is 13.2 Å². The standard InChI is InChI=1S/C20H35N3O/c1-7-19(3,4)15-10-11-17(16(14-15)20(5,6)8-2)24-13-9-12-23-18(21)22/h10-11,14H,7-9,12-13H2,1-6H3,(H4,21,22,23). The van der Waals surface area contributed by atoms with E-state index in [4.69, 9.17) is 16.2 Å². The minimum atomic E-state index is 0.0784. The largest absolute Gasteiger partial charge is 0.493 e. The predicted molar refractivity (Wildman–Crippen MR) is 104 cm³/mol. The molecule has 0 unspecified atom stereocenters. The van der Waals surface area contributed by atoms with Gasteiger partial charge in [0.25, 0.3) is 0 Å². The smallest absolute Gasteiger partial charge is 0.185 e. The summed E-state index contributed by atoms with van der Waals surface area (Å²) in [6.45, 7) is 14.8. The molecule has 0 heterocycles. The van der Waals surface area contributed by atoms with Crippen molar-refractivity contribution < 1.29 is 4.74 Å². The van der Waals surface area contributed by atoms with Crippen LogP contribution in [0.2, 0.25) is 0 Å². The second kappa shape index (κ2) is 8.41. The van der Waals surface area contributed by atoms with Crippen LogP contribution in [0.4, 0.5) is 0 Å². The summed E-state index contributed by atoms with van der Waals surface area (Å²) in [6, 6.07) is 6.66. The fraction of sp³-hybridized carbons (Fsp3) is 0.650. The Morgan fingerprint density at radius 1 is 1.04 bits per heavy atom. The Morgan fingerprint density at radius 3 is 2.21 bits per heavy atom. The molecule has 1 aromatic carbocycles. The van der Waals surface area contributed by atoms with E-state index >= 15 is 0 Å². The van der Waals surface area contributed by atoms with Gasteiger partial charge in [-0.15, -0.1) is 0 Å². The van der Waals surface area contributed by atoms with Crippen LogP contribution in [0.15, 0.2) is 23.2 Å². The molecule has 1 aromatic rings. The molecule has 0 bridgehead atoms. The minimum Gasteiger partial charge on any atom is -0.493 e. The number of guanidine groups is 1. The first kappa shape index (κ1) is 20.3. The van der Waals surface area contributed by atoms with Gasteiger partial charge in [-0.2, -0.15) is 0 Å². The molecule has 0 saturated carbocycles. The van der Waals surface area contributed by atoms with E-state index < -0.39 is 0 Å². The number of ether oxygens (including phenoxy) is 1. The van der Waals surface area contributed by atoms with Crippen molar-refractivity contribution in [3.63, 3.8) is 0 Å². The fourth-order valence-electron chi connectivity index (χ4n) is 2.46. The maximum Gasteiger partial charge on any atom is 0.185 e. The quantitative estimate of drug-likeness (QED) is 0.406. The van der Waals surface area contributed by atoms with Crippen LogP contribution in [0.1, 0.15) is 71.9 Å². The Labute approximate surface area is 147 Å². The van der Waals surface area contributed by atoms with Gasteiger partial charge < -0.3 is 16.2 Å². The number of rotatable bonds is 9. The zero-order valence-electron chi connectivity index (χ0n) is 16.3. The van der Waals surface area contributed by atoms with Gasteiger partial charge in [-0.1, -0.05) is 53.7 Å². The molecular formula is C20H35N3O. The summed E-state index contributed by atoms with van der Waals surface area (Å²) in [5.74, 6) is 1.11. The summed E-state index contributed by atoms with van der Waals surface area (Å²) in [7, 11) is 0. The lowest BCUT2D eigenvalue weighted by atomic mass is 9.76. The Kier molecular flexibility index (Phi) is 7.12. The highest BCUT2D eigenvalue weighted by molar-refractivity contribution is 5.75. The van der Waals surface area contributed by atoms with Gasteiger partial charge in [0, 0.05) is 18.5 Å². The summed E-state index contributed by atoms with van der Waals surface area (Å²) in [6.07, 6.45) is 2.97. The molecule has 0 spiro atoms. The number of benzene rings is 1. The summed E-state index contributed by atoms with van der Waals surface area (Å²) in [5, 5.41) is 0. The molecule has 4 heteroatoms. The Morgan fingerprint density at radius 2 is 1.67 bits per heavy atom. The van der Waals surface area contributed by atoms with Crippen molar-refractivity contribution in [1.82, 2.24) is 0 Å². The van der Waals surface area contributed by atoms with Crippen LogP contribution in [-0.4, -0.2) is 19.1 Å². The third-order valence-electron chi connectivity index (χ3n) is 5.11. The van der Waals surface area contributed by atoms with Crippen molar-refractivity contribution in [2.45, 2.75) is 71.6 Å². The molecule has 1 rings (SSSR count). The maximum atomic E-state index is 6.06. The van der Waals surface area contributed by atoms with Crippen molar-refractivity contribution in [3.05, 3.63) is 29.3 Å². The molecule has 0 radical (unpaired) electrons. The zero-order valence-corrected chi connectivity index (χ0v) is 16.3. The SMILES string of the molecule is CCC(C)(C)c1ccc(OCCCN=C(N)N)c(C(C)(C)CC)c1. The van der Waals surface area contributed by atoms with E-state index in [9.17, 15) is 0 Å². The van der Waals surface area contributed by atoms with Gasteiger partial charge >= 0.3 is 0 Å². The topological polar surface area (TPSA) is 73.6 Å². The summed E-state index contributed by atoms with van der Waals surface area (Å²) >= 11 is 0. The third-order valence-corrected chi connectivity index (χ3v) is 5.11. The van der Waals surface area contributed by atoms with Gasteiger partial charge in [-0.05, 0) is 35.3 Å². The van der Waals surface area contributed by atoms with Gasteiger partial charge in [-0.3, -0.25) is 4.99 Å². The number of aliphatic imine (C=N–C) groups is 1. The molecule has 0 fully saturated rings. The van der Waals surface area contributed by atoms with Crippen LogP contribution in [0, 0.1) is 0 Å². The van der Waals surface area contributed by atoms with Crippen LogP contribution >= 0.6 is 0 Å². The predicted octanol–water partition coefficient (Wildman–Crippen LogP) is 4.10. The lowest BCUT2D eigenvalue weighted by Crippen LogP contribution is -2.23. The van der Waals surface area contributed by atoms with Crippen LogP contribution in [0.25, 0.3) is 0 Å². The van der Waals surface area contributed by atoms with Crippen LogP contribution in [-0.2, 0) is 10.8 Å². The summed E-state index contributed by atoms with van der Waals surface area (Å²) < 4.78 is 6.06. The van der Waals surface area contributed by atoms with E-state index in [-0.39, 0.29) is 16.8 Å². The minimum absolute atomic E-state index is 0.0784.